The molecule has 0 radical (unpaired) electrons. The Morgan fingerprint density at radius 2 is 1.78 bits per heavy atom. The van der Waals surface area contributed by atoms with Crippen molar-refractivity contribution in [2.45, 2.75) is 13.5 Å². The zero-order valence-electron chi connectivity index (χ0n) is 17.1. The van der Waals surface area contributed by atoms with Gasteiger partial charge in [0.05, 0.1) is 16.6 Å². The molecule has 2 aromatic heterocycles. The SMILES string of the molecule is Cc1nc2cccc(C(O)=S)c2n1Cc1ccc(-c2ccccc2-c2nc(=O)s[nH]2)cc1. The molecular formula is C24H18N4O2S2. The molecule has 0 aliphatic carbocycles. The number of aromatic amines is 1. The Balaban J connectivity index is 1.51. The van der Waals surface area contributed by atoms with Crippen LogP contribution in [0.25, 0.3) is 33.5 Å². The van der Waals surface area contributed by atoms with Crippen molar-refractivity contribution in [3.8, 4) is 22.5 Å². The van der Waals surface area contributed by atoms with Crippen LogP contribution in [0.3, 0.4) is 0 Å². The fraction of sp³-hybridized carbons (Fsp3) is 0.0833. The Labute approximate surface area is 193 Å². The fourth-order valence-corrected chi connectivity index (χ4v) is 4.57. The average molecular weight is 459 g/mol. The second-order valence-corrected chi connectivity index (χ2v) is 8.54. The average Bonchev–Trinajstić information content (AvgIpc) is 3.37. The lowest BCUT2D eigenvalue weighted by Gasteiger charge is -2.11. The molecule has 32 heavy (non-hydrogen) atoms. The van der Waals surface area contributed by atoms with Crippen molar-refractivity contribution in [3.05, 3.63) is 93.3 Å². The summed E-state index contributed by atoms with van der Waals surface area (Å²) in [5, 5.41) is 9.83. The molecule has 6 nitrogen and oxygen atoms in total. The van der Waals surface area contributed by atoms with Gasteiger partial charge in [-0.25, -0.2) is 4.98 Å². The van der Waals surface area contributed by atoms with Crippen molar-refractivity contribution in [3.63, 3.8) is 0 Å². The maximum absolute atomic E-state index is 11.5. The van der Waals surface area contributed by atoms with Crippen molar-refractivity contribution in [1.29, 1.82) is 0 Å². The smallest absolute Gasteiger partial charge is 0.344 e. The van der Waals surface area contributed by atoms with Crippen molar-refractivity contribution in [2.75, 3.05) is 0 Å². The zero-order chi connectivity index (χ0) is 22.2. The number of aromatic nitrogens is 4. The second-order valence-electron chi connectivity index (χ2n) is 7.40. The summed E-state index contributed by atoms with van der Waals surface area (Å²) in [6.45, 7) is 2.55. The molecule has 0 aliphatic rings. The Hall–Kier alpha value is -3.62. The number of fused-ring (bicyclic) bond motifs is 1. The van der Waals surface area contributed by atoms with Crippen LogP contribution in [0.4, 0.5) is 0 Å². The Kier molecular flexibility index (Phi) is 5.16. The van der Waals surface area contributed by atoms with Gasteiger partial charge in [-0.2, -0.15) is 4.98 Å². The quantitative estimate of drug-likeness (QED) is 0.358. The molecule has 0 bridgehead atoms. The van der Waals surface area contributed by atoms with E-state index in [1.165, 1.54) is 0 Å². The first-order chi connectivity index (χ1) is 15.5. The van der Waals surface area contributed by atoms with Gasteiger partial charge < -0.3 is 9.67 Å². The molecule has 0 amide bonds. The first-order valence-electron chi connectivity index (χ1n) is 9.94. The van der Waals surface area contributed by atoms with E-state index in [0.29, 0.717) is 17.9 Å². The van der Waals surface area contributed by atoms with E-state index in [0.717, 1.165) is 50.6 Å². The number of aryl methyl sites for hydroxylation is 1. The molecule has 0 saturated carbocycles. The number of para-hydroxylation sites is 1. The van der Waals surface area contributed by atoms with Crippen LogP contribution >= 0.6 is 23.8 Å². The summed E-state index contributed by atoms with van der Waals surface area (Å²) in [5.41, 5.74) is 6.26. The standard InChI is InChI=1S/C24H18N4O2S2/c1-14-25-20-8-4-7-19(23(29)31)21(20)28(14)13-15-9-11-16(12-10-15)17-5-2-3-6-18(17)22-26-24(30)32-27-22/h2-12H,13H2,1H3,(H,29,31)(H,26,27,30). The van der Waals surface area contributed by atoms with Gasteiger partial charge in [-0.3, -0.25) is 9.17 Å². The molecule has 0 aliphatic heterocycles. The molecule has 0 atom stereocenters. The lowest BCUT2D eigenvalue weighted by molar-refractivity contribution is 0.571. The van der Waals surface area contributed by atoms with Crippen LogP contribution in [0.2, 0.25) is 0 Å². The van der Waals surface area contributed by atoms with E-state index in [4.69, 9.17) is 12.2 Å². The Morgan fingerprint density at radius 3 is 2.47 bits per heavy atom. The minimum atomic E-state index is -0.241. The van der Waals surface area contributed by atoms with E-state index >= 15 is 0 Å². The van der Waals surface area contributed by atoms with Crippen LogP contribution < -0.4 is 4.87 Å². The third kappa shape index (κ3) is 3.63. The van der Waals surface area contributed by atoms with Crippen molar-refractivity contribution in [1.82, 2.24) is 18.9 Å². The molecule has 158 valence electrons. The zero-order valence-corrected chi connectivity index (χ0v) is 18.7. The highest BCUT2D eigenvalue weighted by Crippen LogP contribution is 2.30. The molecule has 2 N–H and O–H groups in total. The van der Waals surface area contributed by atoms with Crippen LogP contribution in [-0.4, -0.2) is 29.1 Å². The van der Waals surface area contributed by atoms with Crippen LogP contribution in [-0.2, 0) is 6.54 Å². The predicted molar refractivity (Wildman–Crippen MR) is 132 cm³/mol. The lowest BCUT2D eigenvalue weighted by Crippen LogP contribution is -2.06. The number of aliphatic hydroxyl groups is 1. The number of nitrogens with zero attached hydrogens (tertiary/aromatic N) is 3. The van der Waals surface area contributed by atoms with Gasteiger partial charge in [0.15, 0.2) is 10.9 Å². The van der Waals surface area contributed by atoms with Crippen LogP contribution in [0.1, 0.15) is 17.0 Å². The van der Waals surface area contributed by atoms with Gasteiger partial charge in [0, 0.05) is 23.6 Å². The summed E-state index contributed by atoms with van der Waals surface area (Å²) >= 11 is 6.02. The molecule has 0 fully saturated rings. The van der Waals surface area contributed by atoms with Gasteiger partial charge >= 0.3 is 4.87 Å². The van der Waals surface area contributed by atoms with E-state index in [2.05, 4.69) is 43.2 Å². The van der Waals surface area contributed by atoms with Crippen LogP contribution in [0.5, 0.6) is 0 Å². The highest BCUT2D eigenvalue weighted by Gasteiger charge is 2.15. The monoisotopic (exact) mass is 458 g/mol. The largest absolute Gasteiger partial charge is 0.498 e. The predicted octanol–water partition coefficient (Wildman–Crippen LogP) is 5.11. The highest BCUT2D eigenvalue weighted by atomic mass is 32.1. The summed E-state index contributed by atoms with van der Waals surface area (Å²) in [7, 11) is 0. The first-order valence-corrected chi connectivity index (χ1v) is 11.2. The number of thiocarbonyl (C=S) groups is 1. The number of hydrogen-bond donors (Lipinski definition) is 2. The Morgan fingerprint density at radius 1 is 1.03 bits per heavy atom. The number of rotatable bonds is 5. The summed E-state index contributed by atoms with van der Waals surface area (Å²) < 4.78 is 5.05. The minimum absolute atomic E-state index is 0.135. The number of imidazole rings is 1. The third-order valence-corrected chi connectivity index (χ3v) is 6.20. The van der Waals surface area contributed by atoms with Crippen molar-refractivity contribution in [2.24, 2.45) is 0 Å². The van der Waals surface area contributed by atoms with Crippen LogP contribution in [0, 0.1) is 6.92 Å². The fourth-order valence-electron chi connectivity index (χ4n) is 3.93. The summed E-state index contributed by atoms with van der Waals surface area (Å²) in [6, 6.07) is 21.7. The van der Waals surface area contributed by atoms with E-state index in [-0.39, 0.29) is 9.92 Å². The molecule has 0 spiro atoms. The summed E-state index contributed by atoms with van der Waals surface area (Å²) in [6.07, 6.45) is 0. The molecule has 0 saturated heterocycles. The summed E-state index contributed by atoms with van der Waals surface area (Å²) in [4.78, 5) is 20.0. The number of aliphatic hydroxyl groups excluding tert-OH is 1. The molecule has 8 heteroatoms. The van der Waals surface area contributed by atoms with E-state index in [1.54, 1.807) is 0 Å². The molecule has 0 unspecified atom stereocenters. The minimum Gasteiger partial charge on any atom is -0.498 e. The van der Waals surface area contributed by atoms with Gasteiger partial charge in [0.2, 0.25) is 0 Å². The van der Waals surface area contributed by atoms with Crippen molar-refractivity contribution >= 4 is 39.8 Å². The van der Waals surface area contributed by atoms with Gasteiger partial charge in [-0.1, -0.05) is 54.6 Å². The molecule has 3 aromatic carbocycles. The van der Waals surface area contributed by atoms with Gasteiger partial charge in [0.25, 0.3) is 0 Å². The van der Waals surface area contributed by atoms with Gasteiger partial charge in [-0.05, 0) is 48.0 Å². The molecule has 5 aromatic rings. The summed E-state index contributed by atoms with van der Waals surface area (Å²) in [5.74, 6) is 1.43. The maximum atomic E-state index is 11.5. The maximum Gasteiger partial charge on any atom is 0.344 e. The molecule has 2 heterocycles. The normalized spacial score (nSPS) is 11.2. The van der Waals surface area contributed by atoms with Crippen molar-refractivity contribution < 1.29 is 5.11 Å². The van der Waals surface area contributed by atoms with Crippen LogP contribution in [0.15, 0.2) is 71.5 Å². The van der Waals surface area contributed by atoms with Gasteiger partial charge in [-0.15, -0.1) is 0 Å². The van der Waals surface area contributed by atoms with E-state index in [9.17, 15) is 9.90 Å². The number of nitrogens with one attached hydrogen (secondary N) is 1. The highest BCUT2D eigenvalue weighted by molar-refractivity contribution is 7.80. The first kappa shape index (κ1) is 20.3. The van der Waals surface area contributed by atoms with E-state index in [1.807, 2.05) is 49.4 Å². The van der Waals surface area contributed by atoms with Gasteiger partial charge in [0.1, 0.15) is 5.82 Å². The third-order valence-electron chi connectivity index (χ3n) is 5.41. The topological polar surface area (TPSA) is 83.8 Å². The number of benzene rings is 3. The second kappa shape index (κ2) is 8.14. The number of hydrogen-bond acceptors (Lipinski definition) is 5. The molecular weight excluding hydrogens is 440 g/mol. The van der Waals surface area contributed by atoms with E-state index < -0.39 is 0 Å². The Bertz CT molecular complexity index is 1510. The molecule has 5 rings (SSSR count). The lowest BCUT2D eigenvalue weighted by atomic mass is 9.98. The number of H-pyrrole nitrogens is 1.